The van der Waals surface area contributed by atoms with Crippen LogP contribution in [0.25, 0.3) is 16.7 Å². The number of benzene rings is 3. The molecule has 0 N–H and O–H groups in total. The maximum atomic E-state index is 13.5. The lowest BCUT2D eigenvalue weighted by molar-refractivity contribution is 0.0683. The number of ether oxygens (including phenoxy) is 1. The van der Waals surface area contributed by atoms with E-state index in [4.69, 9.17) is 9.72 Å². The molecule has 0 unspecified atom stereocenters. The summed E-state index contributed by atoms with van der Waals surface area (Å²) in [5.41, 5.74) is 5.77. The average Bonchev–Trinajstić information content (AvgIpc) is 3.15. The molecule has 0 radical (unpaired) electrons. The fourth-order valence-electron chi connectivity index (χ4n) is 4.05. The van der Waals surface area contributed by atoms with E-state index in [-0.39, 0.29) is 11.9 Å². The van der Waals surface area contributed by atoms with Gasteiger partial charge in [0.1, 0.15) is 11.6 Å². The molecule has 0 saturated heterocycles. The SMILES string of the molecule is COc1ccc(-n2c(CN(C(=O)c3ccc(C)cc3C)C(C)C)nc3ccccc32)cc1. The van der Waals surface area contributed by atoms with Gasteiger partial charge in [-0.2, -0.15) is 0 Å². The third-order valence-electron chi connectivity index (χ3n) is 5.77. The second kappa shape index (κ2) is 8.87. The van der Waals surface area contributed by atoms with Crippen LogP contribution in [0.15, 0.2) is 66.7 Å². The number of aromatic nitrogens is 2. The molecule has 5 heteroatoms. The number of amides is 1. The summed E-state index contributed by atoms with van der Waals surface area (Å²) in [5, 5.41) is 0. The number of imidazole rings is 1. The summed E-state index contributed by atoms with van der Waals surface area (Å²) in [4.78, 5) is 20.3. The number of carbonyl (C=O) groups is 1. The highest BCUT2D eigenvalue weighted by molar-refractivity contribution is 5.96. The van der Waals surface area contributed by atoms with E-state index in [1.165, 1.54) is 0 Å². The van der Waals surface area contributed by atoms with E-state index in [2.05, 4.69) is 16.7 Å². The van der Waals surface area contributed by atoms with Crippen molar-refractivity contribution in [2.45, 2.75) is 40.3 Å². The molecule has 4 aromatic rings. The summed E-state index contributed by atoms with van der Waals surface area (Å²) in [7, 11) is 1.66. The standard InChI is InChI=1S/C27H29N3O2/c1-18(2)29(27(31)23-15-10-19(3)16-20(23)4)17-26-28-24-8-6-7-9-25(24)30(26)21-11-13-22(32-5)14-12-21/h6-16,18H,17H2,1-5H3. The van der Waals surface area contributed by atoms with E-state index >= 15 is 0 Å². The summed E-state index contributed by atoms with van der Waals surface area (Å²) in [6.07, 6.45) is 0. The first-order valence-corrected chi connectivity index (χ1v) is 10.9. The number of rotatable bonds is 6. The van der Waals surface area contributed by atoms with Crippen molar-refractivity contribution in [3.63, 3.8) is 0 Å². The molecule has 5 nitrogen and oxygen atoms in total. The quantitative estimate of drug-likeness (QED) is 0.396. The van der Waals surface area contributed by atoms with Crippen molar-refractivity contribution in [1.29, 1.82) is 0 Å². The van der Waals surface area contributed by atoms with Crippen molar-refractivity contribution < 1.29 is 9.53 Å². The zero-order valence-corrected chi connectivity index (χ0v) is 19.3. The lowest BCUT2D eigenvalue weighted by Gasteiger charge is -2.27. The van der Waals surface area contributed by atoms with Crippen LogP contribution in [-0.4, -0.2) is 33.5 Å². The molecule has 1 heterocycles. The second-order valence-electron chi connectivity index (χ2n) is 8.40. The van der Waals surface area contributed by atoms with E-state index in [1.54, 1.807) is 7.11 Å². The fraction of sp³-hybridized carbons (Fsp3) is 0.259. The van der Waals surface area contributed by atoms with E-state index < -0.39 is 0 Å². The molecule has 0 bridgehead atoms. The molecule has 0 fully saturated rings. The van der Waals surface area contributed by atoms with Gasteiger partial charge in [-0.15, -0.1) is 0 Å². The molecule has 1 amide bonds. The van der Waals surface area contributed by atoms with Crippen LogP contribution in [0.2, 0.25) is 0 Å². The van der Waals surface area contributed by atoms with Crippen LogP contribution < -0.4 is 4.74 Å². The Labute approximate surface area is 189 Å². The van der Waals surface area contributed by atoms with Crippen LogP contribution in [0.4, 0.5) is 0 Å². The third-order valence-corrected chi connectivity index (χ3v) is 5.77. The number of nitrogens with zero attached hydrogens (tertiary/aromatic N) is 3. The third kappa shape index (κ3) is 4.11. The first kappa shape index (κ1) is 21.6. The van der Waals surface area contributed by atoms with E-state index in [0.717, 1.165) is 45.0 Å². The topological polar surface area (TPSA) is 47.4 Å². The highest BCUT2D eigenvalue weighted by Crippen LogP contribution is 2.25. The van der Waals surface area contributed by atoms with Crippen molar-refractivity contribution in [3.8, 4) is 11.4 Å². The lowest BCUT2D eigenvalue weighted by Crippen LogP contribution is -2.37. The molecule has 0 atom stereocenters. The van der Waals surface area contributed by atoms with Crippen molar-refractivity contribution in [2.75, 3.05) is 7.11 Å². The number of hydrogen-bond donors (Lipinski definition) is 0. The lowest BCUT2D eigenvalue weighted by atomic mass is 10.0. The van der Waals surface area contributed by atoms with Crippen LogP contribution >= 0.6 is 0 Å². The highest BCUT2D eigenvalue weighted by atomic mass is 16.5. The molecule has 164 valence electrons. The van der Waals surface area contributed by atoms with Gasteiger partial charge in [0.2, 0.25) is 0 Å². The van der Waals surface area contributed by atoms with Gasteiger partial charge in [0.25, 0.3) is 5.91 Å². The molecule has 0 aliphatic rings. The molecule has 3 aromatic carbocycles. The summed E-state index contributed by atoms with van der Waals surface area (Å²) in [6.45, 7) is 8.53. The van der Waals surface area contributed by atoms with Gasteiger partial charge in [-0.1, -0.05) is 29.8 Å². The van der Waals surface area contributed by atoms with E-state index in [0.29, 0.717) is 6.54 Å². The Hall–Kier alpha value is -3.60. The monoisotopic (exact) mass is 427 g/mol. The summed E-state index contributed by atoms with van der Waals surface area (Å²) in [5.74, 6) is 1.64. The molecule has 0 spiro atoms. The minimum Gasteiger partial charge on any atom is -0.497 e. The maximum absolute atomic E-state index is 13.5. The van der Waals surface area contributed by atoms with Crippen molar-refractivity contribution >= 4 is 16.9 Å². The Balaban J connectivity index is 1.78. The predicted octanol–water partition coefficient (Wildman–Crippen LogP) is 5.70. The summed E-state index contributed by atoms with van der Waals surface area (Å²) < 4.78 is 7.45. The van der Waals surface area contributed by atoms with Gasteiger partial charge in [-0.3, -0.25) is 9.36 Å². The zero-order chi connectivity index (χ0) is 22.8. The summed E-state index contributed by atoms with van der Waals surface area (Å²) >= 11 is 0. The van der Waals surface area contributed by atoms with Gasteiger partial charge < -0.3 is 9.64 Å². The van der Waals surface area contributed by atoms with Crippen LogP contribution in [0, 0.1) is 13.8 Å². The minimum atomic E-state index is 0.0193. The second-order valence-corrected chi connectivity index (χ2v) is 8.40. The molecule has 32 heavy (non-hydrogen) atoms. The Morgan fingerprint density at radius 3 is 2.41 bits per heavy atom. The van der Waals surface area contributed by atoms with Gasteiger partial charge in [0.15, 0.2) is 0 Å². The van der Waals surface area contributed by atoms with Crippen LogP contribution in [0.1, 0.15) is 41.2 Å². The first-order valence-electron chi connectivity index (χ1n) is 10.9. The summed E-state index contributed by atoms with van der Waals surface area (Å²) in [6, 6.07) is 22.0. The molecule has 4 rings (SSSR count). The van der Waals surface area contributed by atoms with Gasteiger partial charge in [-0.05, 0) is 75.7 Å². The highest BCUT2D eigenvalue weighted by Gasteiger charge is 2.24. The number of hydrogen-bond acceptors (Lipinski definition) is 3. The number of para-hydroxylation sites is 2. The molecule has 0 saturated carbocycles. The van der Waals surface area contributed by atoms with Gasteiger partial charge in [0, 0.05) is 17.3 Å². The van der Waals surface area contributed by atoms with E-state index in [1.807, 2.05) is 87.2 Å². The van der Waals surface area contributed by atoms with Gasteiger partial charge >= 0.3 is 0 Å². The average molecular weight is 428 g/mol. The number of methoxy groups -OCH3 is 1. The molecular weight excluding hydrogens is 398 g/mol. The number of aryl methyl sites for hydroxylation is 2. The molecule has 0 aliphatic heterocycles. The maximum Gasteiger partial charge on any atom is 0.254 e. The Kier molecular flexibility index (Phi) is 5.99. The van der Waals surface area contributed by atoms with Crippen LogP contribution in [-0.2, 0) is 6.54 Å². The number of carbonyl (C=O) groups excluding carboxylic acids is 1. The smallest absolute Gasteiger partial charge is 0.254 e. The van der Waals surface area contributed by atoms with Gasteiger partial charge in [0.05, 0.1) is 24.7 Å². The Morgan fingerprint density at radius 2 is 1.75 bits per heavy atom. The zero-order valence-electron chi connectivity index (χ0n) is 19.3. The van der Waals surface area contributed by atoms with Crippen molar-refractivity contribution in [3.05, 3.63) is 89.2 Å². The van der Waals surface area contributed by atoms with Crippen molar-refractivity contribution in [2.24, 2.45) is 0 Å². The largest absolute Gasteiger partial charge is 0.497 e. The first-order chi connectivity index (χ1) is 15.4. The van der Waals surface area contributed by atoms with Crippen molar-refractivity contribution in [1.82, 2.24) is 14.5 Å². The molecule has 1 aromatic heterocycles. The minimum absolute atomic E-state index is 0.0193. The predicted molar refractivity (Wildman–Crippen MR) is 129 cm³/mol. The number of fused-ring (bicyclic) bond motifs is 1. The van der Waals surface area contributed by atoms with Crippen LogP contribution in [0.3, 0.4) is 0 Å². The van der Waals surface area contributed by atoms with Crippen LogP contribution in [0.5, 0.6) is 5.75 Å². The normalized spacial score (nSPS) is 11.2. The Bertz CT molecular complexity index is 1260. The Morgan fingerprint density at radius 1 is 1.03 bits per heavy atom. The molecular formula is C27H29N3O2. The van der Waals surface area contributed by atoms with E-state index in [9.17, 15) is 4.79 Å². The van der Waals surface area contributed by atoms with Gasteiger partial charge in [-0.25, -0.2) is 4.98 Å². The molecule has 0 aliphatic carbocycles. The fourth-order valence-corrected chi connectivity index (χ4v) is 4.05.